The molecule has 0 saturated carbocycles. The van der Waals surface area contributed by atoms with Gasteiger partial charge in [-0.15, -0.1) is 0 Å². The van der Waals surface area contributed by atoms with Crippen molar-refractivity contribution in [2.45, 2.75) is 33.6 Å². The molecule has 0 aliphatic heterocycles. The molecule has 0 aromatic heterocycles. The second-order valence-electron chi connectivity index (χ2n) is 4.94. The van der Waals surface area contributed by atoms with Crippen molar-refractivity contribution in [1.82, 2.24) is 0 Å². The molecular formula is C19H24O2. The Morgan fingerprint density at radius 2 is 1.43 bits per heavy atom. The van der Waals surface area contributed by atoms with Gasteiger partial charge in [0.1, 0.15) is 0 Å². The lowest BCUT2D eigenvalue weighted by molar-refractivity contribution is 0.0500. The van der Waals surface area contributed by atoms with E-state index in [0.717, 1.165) is 12.8 Å². The van der Waals surface area contributed by atoms with Crippen LogP contribution in [-0.4, -0.2) is 12.6 Å². The van der Waals surface area contributed by atoms with Crippen LogP contribution in [0.2, 0.25) is 0 Å². The first-order chi connectivity index (χ1) is 10.1. The predicted molar refractivity (Wildman–Crippen MR) is 87.5 cm³/mol. The van der Waals surface area contributed by atoms with E-state index in [-0.39, 0.29) is 5.97 Å². The number of carbonyl (C=O) groups is 1. The van der Waals surface area contributed by atoms with Crippen molar-refractivity contribution in [2.75, 3.05) is 6.61 Å². The molecule has 0 aliphatic rings. The summed E-state index contributed by atoms with van der Waals surface area (Å²) < 4.78 is 5.03. The van der Waals surface area contributed by atoms with Gasteiger partial charge in [0.05, 0.1) is 12.2 Å². The van der Waals surface area contributed by atoms with Gasteiger partial charge in [-0.05, 0) is 43.5 Å². The van der Waals surface area contributed by atoms with Gasteiger partial charge in [0.25, 0.3) is 0 Å². The summed E-state index contributed by atoms with van der Waals surface area (Å²) in [5.41, 5.74) is 3.36. The number of esters is 1. The van der Waals surface area contributed by atoms with Crippen molar-refractivity contribution in [3.05, 3.63) is 71.3 Å². The molecule has 0 fully saturated rings. The Bertz CT molecular complexity index is 511. The van der Waals surface area contributed by atoms with Crippen LogP contribution in [0.1, 0.15) is 41.3 Å². The SMILES string of the molecule is CCCCOC(=O)c1ccccc1.Cc1ccccc1C. The lowest BCUT2D eigenvalue weighted by Crippen LogP contribution is -2.05. The van der Waals surface area contributed by atoms with Crippen LogP contribution in [0.4, 0.5) is 0 Å². The third kappa shape index (κ3) is 6.75. The molecular weight excluding hydrogens is 260 g/mol. The Kier molecular flexibility index (Phi) is 7.88. The molecule has 2 nitrogen and oxygen atoms in total. The van der Waals surface area contributed by atoms with Crippen LogP contribution in [0.25, 0.3) is 0 Å². The summed E-state index contributed by atoms with van der Waals surface area (Å²) in [5, 5.41) is 0. The minimum absolute atomic E-state index is 0.228. The lowest BCUT2D eigenvalue weighted by Gasteiger charge is -2.02. The number of aryl methyl sites for hydroxylation is 2. The summed E-state index contributed by atoms with van der Waals surface area (Å²) >= 11 is 0. The smallest absolute Gasteiger partial charge is 0.338 e. The van der Waals surface area contributed by atoms with Crippen molar-refractivity contribution >= 4 is 5.97 Å². The van der Waals surface area contributed by atoms with Crippen molar-refractivity contribution in [1.29, 1.82) is 0 Å². The highest BCUT2D eigenvalue weighted by atomic mass is 16.5. The van der Waals surface area contributed by atoms with Crippen molar-refractivity contribution in [3.8, 4) is 0 Å². The van der Waals surface area contributed by atoms with Crippen LogP contribution in [0.5, 0.6) is 0 Å². The zero-order chi connectivity index (χ0) is 15.5. The number of rotatable bonds is 4. The summed E-state index contributed by atoms with van der Waals surface area (Å²) in [6, 6.07) is 17.4. The Balaban J connectivity index is 0.000000235. The molecule has 0 atom stereocenters. The van der Waals surface area contributed by atoms with Crippen molar-refractivity contribution in [3.63, 3.8) is 0 Å². The maximum Gasteiger partial charge on any atom is 0.338 e. The molecule has 2 heteroatoms. The summed E-state index contributed by atoms with van der Waals surface area (Å²) in [5.74, 6) is -0.228. The first kappa shape index (κ1) is 17.0. The highest BCUT2D eigenvalue weighted by Gasteiger charge is 2.03. The number of unbranched alkanes of at least 4 members (excludes halogenated alkanes) is 1. The molecule has 0 radical (unpaired) electrons. The van der Waals surface area contributed by atoms with E-state index < -0.39 is 0 Å². The fraction of sp³-hybridized carbons (Fsp3) is 0.316. The maximum atomic E-state index is 11.3. The third-order valence-corrected chi connectivity index (χ3v) is 3.17. The van der Waals surface area contributed by atoms with E-state index in [2.05, 4.69) is 45.0 Å². The van der Waals surface area contributed by atoms with Crippen molar-refractivity contribution in [2.24, 2.45) is 0 Å². The molecule has 112 valence electrons. The molecule has 0 bridgehead atoms. The maximum absolute atomic E-state index is 11.3. The molecule has 0 unspecified atom stereocenters. The van der Waals surface area contributed by atoms with Gasteiger partial charge in [0.2, 0.25) is 0 Å². The van der Waals surface area contributed by atoms with Crippen LogP contribution >= 0.6 is 0 Å². The van der Waals surface area contributed by atoms with Gasteiger partial charge in [-0.1, -0.05) is 55.8 Å². The van der Waals surface area contributed by atoms with E-state index >= 15 is 0 Å². The van der Waals surface area contributed by atoms with Crippen LogP contribution in [0, 0.1) is 13.8 Å². The van der Waals surface area contributed by atoms with Crippen molar-refractivity contribution < 1.29 is 9.53 Å². The highest BCUT2D eigenvalue weighted by Crippen LogP contribution is 2.03. The van der Waals surface area contributed by atoms with Gasteiger partial charge < -0.3 is 4.74 Å². The molecule has 0 saturated heterocycles. The van der Waals surface area contributed by atoms with E-state index in [1.165, 1.54) is 11.1 Å². The van der Waals surface area contributed by atoms with Crippen LogP contribution in [0.15, 0.2) is 54.6 Å². The first-order valence-electron chi connectivity index (χ1n) is 7.39. The Morgan fingerprint density at radius 1 is 0.905 bits per heavy atom. The molecule has 0 N–H and O–H groups in total. The molecule has 0 amide bonds. The quantitative estimate of drug-likeness (QED) is 0.586. The van der Waals surface area contributed by atoms with Gasteiger partial charge in [0.15, 0.2) is 0 Å². The summed E-state index contributed by atoms with van der Waals surface area (Å²) in [7, 11) is 0. The van der Waals surface area contributed by atoms with Crippen LogP contribution < -0.4 is 0 Å². The van der Waals surface area contributed by atoms with E-state index in [0.29, 0.717) is 12.2 Å². The molecule has 2 rings (SSSR count). The average molecular weight is 284 g/mol. The summed E-state index contributed by atoms with van der Waals surface area (Å²) in [6.45, 7) is 6.82. The topological polar surface area (TPSA) is 26.3 Å². The Hall–Kier alpha value is -2.09. The third-order valence-electron chi connectivity index (χ3n) is 3.17. The average Bonchev–Trinajstić information content (AvgIpc) is 2.52. The Labute approximate surface area is 127 Å². The fourth-order valence-electron chi connectivity index (χ4n) is 1.63. The number of benzene rings is 2. The van der Waals surface area contributed by atoms with Gasteiger partial charge in [-0.3, -0.25) is 0 Å². The van der Waals surface area contributed by atoms with Crippen LogP contribution in [-0.2, 0) is 4.74 Å². The van der Waals surface area contributed by atoms with Gasteiger partial charge in [-0.25, -0.2) is 4.79 Å². The molecule has 2 aromatic rings. The van der Waals surface area contributed by atoms with Gasteiger partial charge in [0, 0.05) is 0 Å². The first-order valence-corrected chi connectivity index (χ1v) is 7.39. The zero-order valence-corrected chi connectivity index (χ0v) is 13.1. The summed E-state index contributed by atoms with van der Waals surface area (Å²) in [4.78, 5) is 11.3. The molecule has 21 heavy (non-hydrogen) atoms. The fourth-order valence-corrected chi connectivity index (χ4v) is 1.63. The monoisotopic (exact) mass is 284 g/mol. The number of ether oxygens (including phenoxy) is 1. The van der Waals surface area contributed by atoms with E-state index in [1.807, 2.05) is 18.2 Å². The highest BCUT2D eigenvalue weighted by molar-refractivity contribution is 5.89. The lowest BCUT2D eigenvalue weighted by atomic mass is 10.1. The number of hydrogen-bond donors (Lipinski definition) is 0. The van der Waals surface area contributed by atoms with Crippen LogP contribution in [0.3, 0.4) is 0 Å². The minimum Gasteiger partial charge on any atom is -0.462 e. The zero-order valence-electron chi connectivity index (χ0n) is 13.1. The van der Waals surface area contributed by atoms with E-state index in [9.17, 15) is 4.79 Å². The minimum atomic E-state index is -0.228. The largest absolute Gasteiger partial charge is 0.462 e. The molecule has 0 spiro atoms. The molecule has 0 aliphatic carbocycles. The number of carbonyl (C=O) groups excluding carboxylic acids is 1. The van der Waals surface area contributed by atoms with E-state index in [1.54, 1.807) is 12.1 Å². The summed E-state index contributed by atoms with van der Waals surface area (Å²) in [6.07, 6.45) is 1.97. The van der Waals surface area contributed by atoms with Gasteiger partial charge in [-0.2, -0.15) is 0 Å². The second-order valence-corrected chi connectivity index (χ2v) is 4.94. The van der Waals surface area contributed by atoms with Gasteiger partial charge >= 0.3 is 5.97 Å². The Morgan fingerprint density at radius 3 is 1.90 bits per heavy atom. The molecule has 2 aromatic carbocycles. The standard InChI is InChI=1S/C11H14O2.C8H10/c1-2-3-9-13-11(12)10-7-5-4-6-8-10;1-7-5-3-4-6-8(7)2/h4-8H,2-3,9H2,1H3;3-6H,1-2H3. The van der Waals surface area contributed by atoms with E-state index in [4.69, 9.17) is 4.74 Å². The molecule has 0 heterocycles. The number of hydrogen-bond acceptors (Lipinski definition) is 2. The predicted octanol–water partition coefficient (Wildman–Crippen LogP) is 4.95. The normalized spacial score (nSPS) is 9.48. The second kappa shape index (κ2) is 9.76.